The fourth-order valence-corrected chi connectivity index (χ4v) is 7.10. The molecule has 270 valence electrons. The highest BCUT2D eigenvalue weighted by Crippen LogP contribution is 2.34. The number of aromatic amines is 1. The third-order valence-electron chi connectivity index (χ3n) is 10.1. The van der Waals surface area contributed by atoms with Crippen LogP contribution in [0.1, 0.15) is 30.7 Å². The van der Waals surface area contributed by atoms with E-state index in [9.17, 15) is 14.0 Å². The molecule has 12 nitrogen and oxygen atoms in total. The molecular formula is C39H42FN7O5. The molecule has 52 heavy (non-hydrogen) atoms. The van der Waals surface area contributed by atoms with E-state index in [-0.39, 0.29) is 30.7 Å². The first kappa shape index (κ1) is 35.2. The Hall–Kier alpha value is -5.24. The minimum absolute atomic E-state index is 0.0633. The predicted molar refractivity (Wildman–Crippen MR) is 194 cm³/mol. The number of methoxy groups -OCH3 is 2. The fraction of sp³-hybridized carbons (Fsp3) is 0.359. The van der Waals surface area contributed by atoms with Crippen molar-refractivity contribution in [2.45, 2.75) is 30.8 Å². The third kappa shape index (κ3) is 7.52. The van der Waals surface area contributed by atoms with E-state index in [1.54, 1.807) is 43.8 Å². The third-order valence-corrected chi connectivity index (χ3v) is 10.1. The number of hydrogen-bond donors (Lipinski definition) is 2. The van der Waals surface area contributed by atoms with E-state index < -0.39 is 11.4 Å². The van der Waals surface area contributed by atoms with Crippen molar-refractivity contribution in [1.29, 1.82) is 0 Å². The van der Waals surface area contributed by atoms with Gasteiger partial charge in [-0.25, -0.2) is 14.4 Å². The molecule has 0 aliphatic carbocycles. The number of halogens is 1. The van der Waals surface area contributed by atoms with Crippen LogP contribution < -0.4 is 10.1 Å². The van der Waals surface area contributed by atoms with Crippen LogP contribution >= 0.6 is 0 Å². The summed E-state index contributed by atoms with van der Waals surface area (Å²) >= 11 is 0. The average molecular weight is 708 g/mol. The summed E-state index contributed by atoms with van der Waals surface area (Å²) in [5, 5.41) is 11.2. The topological polar surface area (TPSA) is 135 Å². The molecule has 0 bridgehead atoms. The molecule has 13 heteroatoms. The van der Waals surface area contributed by atoms with E-state index in [0.29, 0.717) is 67.9 Å². The fourth-order valence-electron chi connectivity index (χ4n) is 7.10. The van der Waals surface area contributed by atoms with Gasteiger partial charge in [0.2, 0.25) is 5.91 Å². The maximum Gasteiger partial charge on any atom is 0.258 e. The van der Waals surface area contributed by atoms with Crippen LogP contribution in [0, 0.1) is 5.82 Å². The normalized spacial score (nSPS) is 18.2. The second-order valence-corrected chi connectivity index (χ2v) is 13.3. The summed E-state index contributed by atoms with van der Waals surface area (Å²) in [7, 11) is 3.09. The number of H-pyrrole nitrogens is 1. The van der Waals surface area contributed by atoms with Gasteiger partial charge >= 0.3 is 0 Å². The van der Waals surface area contributed by atoms with Crippen LogP contribution in [0.2, 0.25) is 0 Å². The molecule has 3 aromatic carbocycles. The SMILES string of the molecule is COCCOc1cc(-c2n[nH]c3ccc(NC(=O)[C@]4(OC)CCN(CC(=O)N5CCC(c6ccc(-c7ncccn7)cc6)CC5)C4)cc23)ccc1F. The minimum atomic E-state index is -1.11. The number of ether oxygens (including phenoxy) is 3. The Labute approximate surface area is 301 Å². The standard InChI is InChI=1S/C39H42FN7O5/c1-50-20-21-52-34-22-29(8-10-32(34)40)36-31-23-30(9-11-33(31)44-45-36)43-38(49)39(51-2)14-19-46(25-39)24-35(48)47-17-12-27(13-18-47)26-4-6-28(7-5-26)37-41-15-3-16-42-37/h3-11,15-16,22-23,27H,12-14,17-21,24-25H2,1-2H3,(H,43,49)(H,44,45)/t39-/m0/s1. The van der Waals surface area contributed by atoms with E-state index in [1.807, 2.05) is 21.9 Å². The number of nitrogens with one attached hydrogen (secondary N) is 2. The zero-order valence-corrected chi connectivity index (χ0v) is 29.3. The molecule has 2 aliphatic rings. The molecule has 0 spiro atoms. The number of rotatable bonds is 12. The van der Waals surface area contributed by atoms with Crippen LogP contribution in [0.4, 0.5) is 10.1 Å². The number of piperidine rings is 1. The number of anilines is 1. The van der Waals surface area contributed by atoms with Crippen LogP contribution in [-0.4, -0.2) is 108 Å². The first-order valence-electron chi connectivity index (χ1n) is 17.5. The molecule has 0 unspecified atom stereocenters. The van der Waals surface area contributed by atoms with Gasteiger partial charge in [-0.15, -0.1) is 0 Å². The van der Waals surface area contributed by atoms with Crippen LogP contribution in [0.25, 0.3) is 33.5 Å². The van der Waals surface area contributed by atoms with Gasteiger partial charge in [-0.05, 0) is 73.2 Å². The molecule has 2 amide bonds. The van der Waals surface area contributed by atoms with Gasteiger partial charge in [-0.3, -0.25) is 19.6 Å². The van der Waals surface area contributed by atoms with Crippen LogP contribution in [0.5, 0.6) is 5.75 Å². The number of amides is 2. The largest absolute Gasteiger partial charge is 0.488 e. The van der Waals surface area contributed by atoms with Gasteiger partial charge < -0.3 is 24.4 Å². The molecule has 2 fully saturated rings. The summed E-state index contributed by atoms with van der Waals surface area (Å²) in [4.78, 5) is 39.7. The summed E-state index contributed by atoms with van der Waals surface area (Å²) in [5.41, 5.74) is 3.71. The second-order valence-electron chi connectivity index (χ2n) is 13.3. The quantitative estimate of drug-likeness (QED) is 0.166. The number of hydrogen-bond acceptors (Lipinski definition) is 9. The predicted octanol–water partition coefficient (Wildman–Crippen LogP) is 5.29. The Morgan fingerprint density at radius 3 is 2.48 bits per heavy atom. The number of fused-ring (bicyclic) bond motifs is 1. The van der Waals surface area contributed by atoms with E-state index >= 15 is 0 Å². The summed E-state index contributed by atoms with van der Waals surface area (Å²) in [5.74, 6) is 0.499. The van der Waals surface area contributed by atoms with Crippen molar-refractivity contribution in [2.75, 3.05) is 65.5 Å². The lowest BCUT2D eigenvalue weighted by atomic mass is 9.89. The number of carbonyl (C=O) groups is 2. The molecule has 4 heterocycles. The molecular weight excluding hydrogens is 665 g/mol. The van der Waals surface area contributed by atoms with Crippen molar-refractivity contribution in [1.82, 2.24) is 30.0 Å². The highest BCUT2D eigenvalue weighted by atomic mass is 19.1. The highest BCUT2D eigenvalue weighted by molar-refractivity contribution is 6.01. The van der Waals surface area contributed by atoms with Gasteiger partial charge in [0, 0.05) is 75.0 Å². The summed E-state index contributed by atoms with van der Waals surface area (Å²) < 4.78 is 30.8. The van der Waals surface area contributed by atoms with Crippen molar-refractivity contribution in [3.63, 3.8) is 0 Å². The van der Waals surface area contributed by atoms with Crippen molar-refractivity contribution in [3.8, 4) is 28.4 Å². The van der Waals surface area contributed by atoms with Crippen LogP contribution in [0.15, 0.2) is 79.1 Å². The smallest absolute Gasteiger partial charge is 0.258 e. The van der Waals surface area contributed by atoms with Crippen molar-refractivity contribution >= 4 is 28.4 Å². The molecule has 7 rings (SSSR count). The van der Waals surface area contributed by atoms with Crippen molar-refractivity contribution < 1.29 is 28.2 Å². The Balaban J connectivity index is 0.945. The molecule has 2 saturated heterocycles. The summed E-state index contributed by atoms with van der Waals surface area (Å²) in [6, 6.07) is 20.2. The van der Waals surface area contributed by atoms with E-state index in [0.717, 1.165) is 29.3 Å². The number of carbonyl (C=O) groups excluding carboxylic acids is 2. The zero-order valence-electron chi connectivity index (χ0n) is 29.3. The average Bonchev–Trinajstić information content (AvgIpc) is 3.81. The number of nitrogens with zero attached hydrogens (tertiary/aromatic N) is 5. The maximum atomic E-state index is 14.4. The lowest BCUT2D eigenvalue weighted by Gasteiger charge is -2.33. The summed E-state index contributed by atoms with van der Waals surface area (Å²) in [6.45, 7) is 3.01. The van der Waals surface area contributed by atoms with Gasteiger partial charge in [0.25, 0.3) is 5.91 Å². The van der Waals surface area contributed by atoms with Gasteiger partial charge in [0.1, 0.15) is 12.3 Å². The van der Waals surface area contributed by atoms with Gasteiger partial charge in [0.05, 0.1) is 18.7 Å². The Kier molecular flexibility index (Phi) is 10.5. The van der Waals surface area contributed by atoms with Gasteiger partial charge in [-0.1, -0.05) is 24.3 Å². The Morgan fingerprint density at radius 2 is 1.73 bits per heavy atom. The Morgan fingerprint density at radius 1 is 0.962 bits per heavy atom. The maximum absolute atomic E-state index is 14.4. The highest BCUT2D eigenvalue weighted by Gasteiger charge is 2.45. The Bertz CT molecular complexity index is 2020. The van der Waals surface area contributed by atoms with Crippen LogP contribution in [-0.2, 0) is 19.1 Å². The lowest BCUT2D eigenvalue weighted by Crippen LogP contribution is -2.48. The van der Waals surface area contributed by atoms with Crippen LogP contribution in [0.3, 0.4) is 0 Å². The molecule has 2 aliphatic heterocycles. The number of benzene rings is 3. The van der Waals surface area contributed by atoms with Crippen molar-refractivity contribution in [2.24, 2.45) is 0 Å². The first-order valence-corrected chi connectivity index (χ1v) is 17.5. The van der Waals surface area contributed by atoms with Crippen molar-refractivity contribution in [3.05, 3.63) is 90.5 Å². The van der Waals surface area contributed by atoms with E-state index in [2.05, 4.69) is 49.7 Å². The monoisotopic (exact) mass is 707 g/mol. The minimum Gasteiger partial charge on any atom is -0.488 e. The van der Waals surface area contributed by atoms with E-state index in [1.165, 1.54) is 18.7 Å². The molecule has 2 aromatic heterocycles. The number of aromatic nitrogens is 4. The number of likely N-dealkylation sites (tertiary alicyclic amines) is 2. The molecule has 5 aromatic rings. The summed E-state index contributed by atoms with van der Waals surface area (Å²) in [6.07, 6.45) is 5.72. The van der Waals surface area contributed by atoms with Gasteiger partial charge in [0.15, 0.2) is 23.0 Å². The molecule has 2 N–H and O–H groups in total. The molecule has 0 radical (unpaired) electrons. The lowest BCUT2D eigenvalue weighted by molar-refractivity contribution is -0.138. The zero-order chi connectivity index (χ0) is 36.1. The van der Waals surface area contributed by atoms with E-state index in [4.69, 9.17) is 14.2 Å². The second kappa shape index (κ2) is 15.6. The first-order chi connectivity index (χ1) is 25.4. The van der Waals surface area contributed by atoms with Gasteiger partial charge in [-0.2, -0.15) is 5.10 Å². The molecule has 0 saturated carbocycles. The molecule has 1 atom stereocenters.